The van der Waals surface area contributed by atoms with Crippen molar-refractivity contribution in [1.82, 2.24) is 4.90 Å². The second-order valence-corrected chi connectivity index (χ2v) is 7.56. The molecule has 7 heteroatoms. The Morgan fingerprint density at radius 3 is 2.82 bits per heavy atom. The summed E-state index contributed by atoms with van der Waals surface area (Å²) in [4.78, 5) is 36.2. The number of carboxylic acid groups (broad SMARTS) is 1. The lowest BCUT2D eigenvalue weighted by atomic mass is 10.1. The Kier molecular flexibility index (Phi) is 5.63. The fourth-order valence-corrected chi connectivity index (χ4v) is 3.91. The van der Waals surface area contributed by atoms with Crippen LogP contribution in [0.3, 0.4) is 0 Å². The van der Waals surface area contributed by atoms with Crippen molar-refractivity contribution in [1.29, 1.82) is 0 Å². The smallest absolute Gasteiger partial charge is 0.326 e. The quantitative estimate of drug-likeness (QED) is 0.841. The average Bonchev–Trinajstić information content (AvgIpc) is 2.75. The predicted molar refractivity (Wildman–Crippen MR) is 87.7 cm³/mol. The average molecular weight is 386 g/mol. The van der Waals surface area contributed by atoms with E-state index < -0.39 is 12.0 Å². The van der Waals surface area contributed by atoms with Gasteiger partial charge in [-0.1, -0.05) is 39.8 Å². The third kappa shape index (κ3) is 4.33. The summed E-state index contributed by atoms with van der Waals surface area (Å²) in [6, 6.07) is 6.47. The summed E-state index contributed by atoms with van der Waals surface area (Å²) in [5, 5.41) is 9.26. The van der Waals surface area contributed by atoms with Gasteiger partial charge in [0.2, 0.25) is 5.91 Å². The first kappa shape index (κ1) is 17.0. The number of carbonyl (C=O) groups excluding carboxylic acids is 2. The van der Waals surface area contributed by atoms with Crippen LogP contribution in [0.25, 0.3) is 0 Å². The highest BCUT2D eigenvalue weighted by molar-refractivity contribution is 9.10. The molecule has 1 heterocycles. The van der Waals surface area contributed by atoms with E-state index in [2.05, 4.69) is 15.9 Å². The Hall–Kier alpha value is -1.34. The first-order valence-electron chi connectivity index (χ1n) is 6.80. The van der Waals surface area contributed by atoms with Gasteiger partial charge in [-0.2, -0.15) is 0 Å². The highest BCUT2D eigenvalue weighted by Crippen LogP contribution is 2.27. The fourth-order valence-electron chi connectivity index (χ4n) is 2.53. The summed E-state index contributed by atoms with van der Waals surface area (Å²) in [6.07, 6.45) is 0.463. The number of hydrogen-bond acceptors (Lipinski definition) is 4. The molecule has 2 atom stereocenters. The van der Waals surface area contributed by atoms with Crippen LogP contribution in [-0.2, 0) is 20.8 Å². The van der Waals surface area contributed by atoms with E-state index in [9.17, 15) is 19.5 Å². The van der Waals surface area contributed by atoms with E-state index in [0.29, 0.717) is 6.54 Å². The highest BCUT2D eigenvalue weighted by Gasteiger charge is 2.38. The number of carbonyl (C=O) groups is 3. The summed E-state index contributed by atoms with van der Waals surface area (Å²) in [5.74, 6) is -1.23. The second kappa shape index (κ2) is 7.28. The van der Waals surface area contributed by atoms with Crippen molar-refractivity contribution >= 4 is 44.7 Å². The molecule has 1 aliphatic rings. The van der Waals surface area contributed by atoms with Crippen LogP contribution in [0.2, 0.25) is 0 Å². The molecule has 1 N–H and O–H groups in total. The van der Waals surface area contributed by atoms with Gasteiger partial charge in [-0.3, -0.25) is 9.59 Å². The van der Waals surface area contributed by atoms with Crippen LogP contribution in [0.1, 0.15) is 18.9 Å². The van der Waals surface area contributed by atoms with E-state index >= 15 is 0 Å². The molecule has 1 aromatic carbocycles. The Bertz CT molecular complexity index is 607. The molecule has 0 spiro atoms. The number of amides is 1. The normalized spacial score (nSPS) is 19.3. The molecule has 1 aliphatic heterocycles. The van der Waals surface area contributed by atoms with E-state index in [1.165, 1.54) is 11.8 Å². The van der Waals surface area contributed by atoms with Crippen LogP contribution < -0.4 is 0 Å². The van der Waals surface area contributed by atoms with Gasteiger partial charge in [0.05, 0.1) is 0 Å². The van der Waals surface area contributed by atoms with Gasteiger partial charge in [-0.25, -0.2) is 4.79 Å². The SMILES string of the molecule is CC(=O)SC1CC(=O)N(C(Cc2cccc(Br)c2)C(=O)O)C1. The Labute approximate surface area is 141 Å². The van der Waals surface area contributed by atoms with Crippen molar-refractivity contribution in [3.05, 3.63) is 34.3 Å². The van der Waals surface area contributed by atoms with Gasteiger partial charge in [-0.05, 0) is 17.7 Å². The van der Waals surface area contributed by atoms with Gasteiger partial charge < -0.3 is 10.0 Å². The molecule has 1 fully saturated rings. The number of nitrogens with zero attached hydrogens (tertiary/aromatic N) is 1. The molecule has 2 rings (SSSR count). The van der Waals surface area contributed by atoms with E-state index in [1.807, 2.05) is 24.3 Å². The number of hydrogen-bond donors (Lipinski definition) is 1. The molecular formula is C15H16BrNO4S. The predicted octanol–water partition coefficient (Wildman–Crippen LogP) is 2.33. The summed E-state index contributed by atoms with van der Waals surface area (Å²) < 4.78 is 0.867. The molecule has 1 saturated heterocycles. The molecule has 5 nitrogen and oxygen atoms in total. The van der Waals surface area contributed by atoms with Crippen LogP contribution >= 0.6 is 27.7 Å². The molecule has 0 bridgehead atoms. The molecule has 0 aromatic heterocycles. The van der Waals surface area contributed by atoms with E-state index in [-0.39, 0.29) is 29.1 Å². The first-order chi connectivity index (χ1) is 10.4. The molecule has 1 aromatic rings. The first-order valence-corrected chi connectivity index (χ1v) is 8.48. The van der Waals surface area contributed by atoms with Gasteiger partial charge in [0.25, 0.3) is 0 Å². The standard InChI is InChI=1S/C15H16BrNO4S/c1-9(18)22-12-7-14(19)17(8-12)13(15(20)21)6-10-3-2-4-11(16)5-10/h2-5,12-13H,6-8H2,1H3,(H,20,21). The summed E-state index contributed by atoms with van der Waals surface area (Å²) in [7, 11) is 0. The zero-order chi connectivity index (χ0) is 16.3. The van der Waals surface area contributed by atoms with Crippen LogP contribution in [0.5, 0.6) is 0 Å². The summed E-state index contributed by atoms with van der Waals surface area (Å²) in [6.45, 7) is 1.75. The number of thioether (sulfide) groups is 1. The fraction of sp³-hybridized carbons (Fsp3) is 0.400. The van der Waals surface area contributed by atoms with Gasteiger partial charge in [0.15, 0.2) is 5.12 Å². The Balaban J connectivity index is 2.13. The number of rotatable bonds is 5. The number of likely N-dealkylation sites (tertiary alicyclic amines) is 1. The van der Waals surface area contributed by atoms with Crippen LogP contribution in [0.15, 0.2) is 28.7 Å². The molecule has 0 aliphatic carbocycles. The van der Waals surface area contributed by atoms with E-state index in [1.54, 1.807) is 0 Å². The second-order valence-electron chi connectivity index (χ2n) is 5.17. The number of benzene rings is 1. The molecule has 22 heavy (non-hydrogen) atoms. The maximum absolute atomic E-state index is 12.1. The van der Waals surface area contributed by atoms with Gasteiger partial charge in [-0.15, -0.1) is 0 Å². The molecule has 1 amide bonds. The summed E-state index contributed by atoms with van der Waals surface area (Å²) >= 11 is 4.46. The van der Waals surface area contributed by atoms with Gasteiger partial charge >= 0.3 is 5.97 Å². The molecule has 0 radical (unpaired) electrons. The number of carboxylic acids is 1. The minimum absolute atomic E-state index is 0.0569. The van der Waals surface area contributed by atoms with Crippen molar-refractivity contribution in [2.24, 2.45) is 0 Å². The maximum atomic E-state index is 12.1. The van der Waals surface area contributed by atoms with Crippen LogP contribution in [0, 0.1) is 0 Å². The lowest BCUT2D eigenvalue weighted by Gasteiger charge is -2.24. The Morgan fingerprint density at radius 2 is 2.23 bits per heavy atom. The summed E-state index contributed by atoms with van der Waals surface area (Å²) in [5.41, 5.74) is 0.845. The van der Waals surface area contributed by atoms with Crippen LogP contribution in [0.4, 0.5) is 0 Å². The van der Waals surface area contributed by atoms with Gasteiger partial charge in [0, 0.05) is 36.0 Å². The Morgan fingerprint density at radius 1 is 1.50 bits per heavy atom. The molecule has 2 unspecified atom stereocenters. The third-order valence-electron chi connectivity index (χ3n) is 3.43. The van der Waals surface area contributed by atoms with Crippen LogP contribution in [-0.4, -0.2) is 44.8 Å². The molecule has 0 saturated carbocycles. The lowest BCUT2D eigenvalue weighted by molar-refractivity contribution is -0.148. The van der Waals surface area contributed by atoms with Crippen molar-refractivity contribution < 1.29 is 19.5 Å². The van der Waals surface area contributed by atoms with Crippen molar-refractivity contribution in [2.45, 2.75) is 31.1 Å². The topological polar surface area (TPSA) is 74.7 Å². The number of halogens is 1. The zero-order valence-electron chi connectivity index (χ0n) is 12.0. The highest BCUT2D eigenvalue weighted by atomic mass is 79.9. The van der Waals surface area contributed by atoms with Gasteiger partial charge in [0.1, 0.15) is 6.04 Å². The zero-order valence-corrected chi connectivity index (χ0v) is 14.4. The van der Waals surface area contributed by atoms with E-state index in [4.69, 9.17) is 0 Å². The minimum atomic E-state index is -1.03. The maximum Gasteiger partial charge on any atom is 0.326 e. The number of aliphatic carboxylic acids is 1. The van der Waals surface area contributed by atoms with Crippen molar-refractivity contribution in [3.63, 3.8) is 0 Å². The largest absolute Gasteiger partial charge is 0.480 e. The van der Waals surface area contributed by atoms with Crippen molar-refractivity contribution in [3.8, 4) is 0 Å². The minimum Gasteiger partial charge on any atom is -0.480 e. The van der Waals surface area contributed by atoms with Crippen molar-refractivity contribution in [2.75, 3.05) is 6.54 Å². The third-order valence-corrected chi connectivity index (χ3v) is 4.91. The molecular weight excluding hydrogens is 370 g/mol. The monoisotopic (exact) mass is 385 g/mol. The molecule has 118 valence electrons. The van der Waals surface area contributed by atoms with E-state index in [0.717, 1.165) is 21.8 Å². The lowest BCUT2D eigenvalue weighted by Crippen LogP contribution is -2.43.